The number of halogens is 3. The number of amides is 1. The summed E-state index contributed by atoms with van der Waals surface area (Å²) in [5.41, 5.74) is -2.48. The Morgan fingerprint density at radius 1 is 1.36 bits per heavy atom. The molecule has 1 aliphatic carbocycles. The van der Waals surface area contributed by atoms with E-state index in [9.17, 15) is 23.1 Å². The molecule has 1 aromatic carbocycles. The Balaban J connectivity index is 1.87. The summed E-state index contributed by atoms with van der Waals surface area (Å²) >= 11 is 0. The fourth-order valence-corrected chi connectivity index (χ4v) is 3.46. The highest BCUT2D eigenvalue weighted by Crippen LogP contribution is 2.48. The maximum absolute atomic E-state index is 13.6. The predicted molar refractivity (Wildman–Crippen MR) is 83.9 cm³/mol. The van der Waals surface area contributed by atoms with Gasteiger partial charge < -0.3 is 9.84 Å². The van der Waals surface area contributed by atoms with Crippen LogP contribution in [0.5, 0.6) is 5.75 Å². The van der Waals surface area contributed by atoms with Crippen molar-refractivity contribution in [3.63, 3.8) is 0 Å². The quantitative estimate of drug-likeness (QED) is 0.906. The summed E-state index contributed by atoms with van der Waals surface area (Å²) in [6.45, 7) is 0. The van der Waals surface area contributed by atoms with Gasteiger partial charge in [0.2, 0.25) is 5.91 Å². The number of ether oxygens (including phenoxy) is 1. The SMILES string of the molecule is COc1ccc(CC(=O)N2N=C3CCCCC3C2(O)C(F)(F)F)cc1. The molecule has 0 spiro atoms. The van der Waals surface area contributed by atoms with Gasteiger partial charge in [-0.2, -0.15) is 23.3 Å². The van der Waals surface area contributed by atoms with Gasteiger partial charge in [0.15, 0.2) is 0 Å². The number of benzene rings is 1. The average molecular weight is 356 g/mol. The summed E-state index contributed by atoms with van der Waals surface area (Å²) in [4.78, 5) is 12.5. The van der Waals surface area contributed by atoms with Crippen molar-refractivity contribution in [1.82, 2.24) is 5.01 Å². The minimum Gasteiger partial charge on any atom is -0.497 e. The minimum atomic E-state index is -4.98. The molecule has 8 heteroatoms. The van der Waals surface area contributed by atoms with E-state index in [-0.39, 0.29) is 23.6 Å². The van der Waals surface area contributed by atoms with E-state index in [1.165, 1.54) is 7.11 Å². The number of nitrogens with zero attached hydrogens (tertiary/aromatic N) is 2. The molecule has 3 rings (SSSR count). The largest absolute Gasteiger partial charge is 0.497 e. The third-order valence-electron chi connectivity index (χ3n) is 4.78. The Labute approximate surface area is 143 Å². The van der Waals surface area contributed by atoms with Gasteiger partial charge in [0.1, 0.15) is 5.75 Å². The zero-order chi connectivity index (χ0) is 18.2. The van der Waals surface area contributed by atoms with E-state index in [2.05, 4.69) is 5.10 Å². The van der Waals surface area contributed by atoms with Crippen molar-refractivity contribution in [1.29, 1.82) is 0 Å². The lowest BCUT2D eigenvalue weighted by atomic mass is 9.80. The van der Waals surface area contributed by atoms with Crippen LogP contribution in [0.25, 0.3) is 0 Å². The van der Waals surface area contributed by atoms with Crippen LogP contribution in [0.15, 0.2) is 29.4 Å². The van der Waals surface area contributed by atoms with Gasteiger partial charge in [-0.3, -0.25) is 4.79 Å². The number of hydrazone groups is 1. The van der Waals surface area contributed by atoms with E-state index in [4.69, 9.17) is 4.74 Å². The summed E-state index contributed by atoms with van der Waals surface area (Å²) in [5, 5.41) is 14.6. The lowest BCUT2D eigenvalue weighted by Crippen LogP contribution is -2.61. The fourth-order valence-electron chi connectivity index (χ4n) is 3.46. The molecule has 136 valence electrons. The molecule has 0 radical (unpaired) electrons. The van der Waals surface area contributed by atoms with E-state index in [0.717, 1.165) is 0 Å². The topological polar surface area (TPSA) is 62.1 Å². The average Bonchev–Trinajstić information content (AvgIpc) is 2.90. The highest BCUT2D eigenvalue weighted by molar-refractivity contribution is 5.93. The number of fused-ring (bicyclic) bond motifs is 1. The third-order valence-corrected chi connectivity index (χ3v) is 4.78. The first-order valence-electron chi connectivity index (χ1n) is 8.10. The molecule has 2 aliphatic rings. The van der Waals surface area contributed by atoms with Crippen molar-refractivity contribution in [2.75, 3.05) is 7.11 Å². The normalized spacial score (nSPS) is 26.2. The number of carbonyl (C=O) groups excluding carboxylic acids is 1. The van der Waals surface area contributed by atoms with Gasteiger partial charge in [-0.1, -0.05) is 18.6 Å². The van der Waals surface area contributed by atoms with Crippen LogP contribution in [-0.2, 0) is 11.2 Å². The van der Waals surface area contributed by atoms with Gasteiger partial charge in [-0.05, 0) is 37.0 Å². The van der Waals surface area contributed by atoms with Crippen molar-refractivity contribution in [2.24, 2.45) is 11.0 Å². The van der Waals surface area contributed by atoms with E-state index in [1.54, 1.807) is 24.3 Å². The van der Waals surface area contributed by atoms with E-state index in [1.807, 2.05) is 0 Å². The van der Waals surface area contributed by atoms with E-state index < -0.39 is 23.7 Å². The predicted octanol–water partition coefficient (Wildman–Crippen LogP) is 2.88. The number of hydrogen-bond donors (Lipinski definition) is 1. The van der Waals surface area contributed by atoms with Gasteiger partial charge in [0.25, 0.3) is 5.72 Å². The van der Waals surface area contributed by atoms with E-state index >= 15 is 0 Å². The number of aliphatic hydroxyl groups is 1. The monoisotopic (exact) mass is 356 g/mol. The van der Waals surface area contributed by atoms with Crippen LogP contribution < -0.4 is 4.74 Å². The Hall–Kier alpha value is -2.09. The third kappa shape index (κ3) is 2.99. The maximum atomic E-state index is 13.6. The second kappa shape index (κ2) is 6.33. The Morgan fingerprint density at radius 2 is 2.04 bits per heavy atom. The Kier molecular flexibility index (Phi) is 4.49. The molecule has 1 heterocycles. The lowest BCUT2D eigenvalue weighted by molar-refractivity contribution is -0.317. The van der Waals surface area contributed by atoms with Gasteiger partial charge in [-0.25, -0.2) is 0 Å². The molecule has 0 bridgehead atoms. The number of methoxy groups -OCH3 is 1. The summed E-state index contributed by atoms with van der Waals surface area (Å²) in [5.74, 6) is -1.48. The van der Waals surface area contributed by atoms with Gasteiger partial charge in [-0.15, -0.1) is 0 Å². The first kappa shape index (κ1) is 17.7. The summed E-state index contributed by atoms with van der Waals surface area (Å²) in [6, 6.07) is 6.43. The molecule has 1 fully saturated rings. The molecule has 1 aliphatic heterocycles. The van der Waals surface area contributed by atoms with Crippen molar-refractivity contribution in [3.8, 4) is 5.75 Å². The molecule has 0 saturated heterocycles. The van der Waals surface area contributed by atoms with Crippen LogP contribution in [0, 0.1) is 5.92 Å². The van der Waals surface area contributed by atoms with E-state index in [0.29, 0.717) is 30.6 Å². The van der Waals surface area contributed by atoms with Crippen LogP contribution >= 0.6 is 0 Å². The zero-order valence-electron chi connectivity index (χ0n) is 13.7. The maximum Gasteiger partial charge on any atom is 0.439 e. The molecule has 1 aromatic rings. The zero-order valence-corrected chi connectivity index (χ0v) is 13.7. The highest BCUT2D eigenvalue weighted by Gasteiger charge is 2.68. The van der Waals surface area contributed by atoms with Gasteiger partial charge in [0.05, 0.1) is 19.4 Å². The van der Waals surface area contributed by atoms with Gasteiger partial charge >= 0.3 is 6.18 Å². The first-order chi connectivity index (χ1) is 11.8. The van der Waals surface area contributed by atoms with Crippen molar-refractivity contribution in [2.45, 2.75) is 44.0 Å². The number of alkyl halides is 3. The van der Waals surface area contributed by atoms with Crippen LogP contribution in [0.2, 0.25) is 0 Å². The molecule has 1 amide bonds. The van der Waals surface area contributed by atoms with Gasteiger partial charge in [0, 0.05) is 5.71 Å². The summed E-state index contributed by atoms with van der Waals surface area (Å²) < 4.78 is 45.9. The molecular formula is C17H19F3N2O3. The second-order valence-electron chi connectivity index (χ2n) is 6.34. The first-order valence-corrected chi connectivity index (χ1v) is 8.10. The van der Waals surface area contributed by atoms with Crippen molar-refractivity contribution >= 4 is 11.6 Å². The molecule has 25 heavy (non-hydrogen) atoms. The number of hydrogen-bond acceptors (Lipinski definition) is 4. The number of carbonyl (C=O) groups is 1. The molecule has 5 nitrogen and oxygen atoms in total. The number of rotatable bonds is 3. The summed E-state index contributed by atoms with van der Waals surface area (Å²) in [6.07, 6.45) is -3.44. The lowest BCUT2D eigenvalue weighted by Gasteiger charge is -2.38. The van der Waals surface area contributed by atoms with Crippen LogP contribution in [-0.4, -0.2) is 40.7 Å². The molecule has 0 aromatic heterocycles. The standard InChI is InChI=1S/C17H19F3N2O3/c1-25-12-8-6-11(7-9-12)10-15(23)22-16(24,17(18,19)20)13-4-2-3-5-14(13)21-22/h6-9,13,24H,2-5,10H2,1H3. The van der Waals surface area contributed by atoms with Crippen LogP contribution in [0.1, 0.15) is 31.2 Å². The Bertz CT molecular complexity index is 687. The molecule has 2 unspecified atom stereocenters. The van der Waals surface area contributed by atoms with Crippen molar-refractivity contribution < 1.29 is 27.8 Å². The molecule has 1 saturated carbocycles. The highest BCUT2D eigenvalue weighted by atomic mass is 19.4. The van der Waals surface area contributed by atoms with Crippen molar-refractivity contribution in [3.05, 3.63) is 29.8 Å². The minimum absolute atomic E-state index is 0.168. The Morgan fingerprint density at radius 3 is 2.64 bits per heavy atom. The fraction of sp³-hybridized carbons (Fsp3) is 0.529. The molecule has 1 N–H and O–H groups in total. The van der Waals surface area contributed by atoms with Crippen LogP contribution in [0.4, 0.5) is 13.2 Å². The molecular weight excluding hydrogens is 337 g/mol. The summed E-state index contributed by atoms with van der Waals surface area (Å²) in [7, 11) is 1.49. The van der Waals surface area contributed by atoms with Crippen LogP contribution in [0.3, 0.4) is 0 Å². The second-order valence-corrected chi connectivity index (χ2v) is 6.34. The molecule has 2 atom stereocenters. The smallest absolute Gasteiger partial charge is 0.439 e.